The summed E-state index contributed by atoms with van der Waals surface area (Å²) >= 11 is 1.55. The van der Waals surface area contributed by atoms with E-state index >= 15 is 0 Å². The Morgan fingerprint density at radius 2 is 1.60 bits per heavy atom. The zero-order chi connectivity index (χ0) is 61.2. The van der Waals surface area contributed by atoms with E-state index < -0.39 is 90.3 Å². The van der Waals surface area contributed by atoms with E-state index in [0.717, 1.165) is 28.1 Å². The van der Waals surface area contributed by atoms with Crippen LogP contribution in [0.15, 0.2) is 54.0 Å². The van der Waals surface area contributed by atoms with E-state index in [1.54, 1.807) is 16.8 Å². The molecular weight excluding hydrogens is 1120 g/mol. The Balaban J connectivity index is 0.867. The Kier molecular flexibility index (Phi) is 21.6. The number of hydrogen-bond donors (Lipinski definition) is 9. The van der Waals surface area contributed by atoms with E-state index in [1.807, 2.05) is 52.0 Å². The van der Waals surface area contributed by atoms with Gasteiger partial charge >= 0.3 is 7.60 Å². The van der Waals surface area contributed by atoms with E-state index in [4.69, 9.17) is 5.73 Å². The summed E-state index contributed by atoms with van der Waals surface area (Å²) in [5.41, 5.74) is 8.08. The minimum absolute atomic E-state index is 0.0118. The standard InChI is InChI=1S/C58H77N10O14PS/c1-33-50(84-32-62-33)36-14-12-35(13-15-36)29-61-53(75)48-28-41(71)30-67(48)55(77)42(58(3,4)5)27-40(70)11-9-7-6-8-10-23-60-51(73)44(19-21-49(59)72)64-54(76)47-20-17-39-22-24-66(34(2)69)31-46(56(78)68(39)47)65-52(74)45-26-38-25-37(16-18-43(38)63-45)57(79)83(80,81)82/h12-16,18,25-26,32,39,41-42,44,46-48,63,71H,6-11,17,19-24,27-31H2,1-5H3,(H2,59,72)(H,60,73)(H,61,75)(H,64,76)(H,65,74)(H2,80,81,82)/t39-,41-,42-,44+,46+,47+,48?/m1/s1. The molecule has 84 heavy (non-hydrogen) atoms. The number of carbonyl (C=O) groups is 10. The largest absolute Gasteiger partial charge is 0.396 e. The van der Waals surface area contributed by atoms with Gasteiger partial charge in [0.15, 0.2) is 0 Å². The van der Waals surface area contributed by atoms with E-state index in [2.05, 4.69) is 31.2 Å². The van der Waals surface area contributed by atoms with Crippen LogP contribution in [0.25, 0.3) is 21.3 Å². The normalized spacial score (nSPS) is 19.9. The molecule has 0 bridgehead atoms. The Morgan fingerprint density at radius 1 is 0.881 bits per heavy atom. The van der Waals surface area contributed by atoms with Crippen molar-refractivity contribution in [1.82, 2.24) is 45.9 Å². The lowest BCUT2D eigenvalue weighted by molar-refractivity contribution is -0.146. The molecule has 2 aromatic heterocycles. The first-order valence-corrected chi connectivity index (χ1v) is 30.9. The molecule has 10 N–H and O–H groups in total. The number of aryl methyl sites for hydroxylation is 1. The van der Waals surface area contributed by atoms with Crippen LogP contribution in [0.3, 0.4) is 0 Å². The molecule has 7 atom stereocenters. The SMILES string of the molecule is CC(=O)N1CC[C@H]2CC[C@@H](C(=O)N[C@@H](CCC(N)=O)C(=O)NCCCCCCCC(=O)C[C@H](C(=O)N3C[C@H](O)CC3C(=O)NCc3ccc(-c4scnc4C)cc3)C(C)(C)C)N2C(=O)[C@@H](NC(=O)c2cc3cc(C(=O)P(=O)(O)O)ccc3[nH]2)C1. The molecule has 24 nitrogen and oxygen atoms in total. The second kappa shape index (κ2) is 28.1. The Hall–Kier alpha value is -7.18. The number of β-amino-alcohol motifs (C(OH)–C–C–N with tert-alkyl or cyclic N) is 1. The number of aliphatic hydroxyl groups is 1. The van der Waals surface area contributed by atoms with Gasteiger partial charge < -0.3 is 61.6 Å². The summed E-state index contributed by atoms with van der Waals surface area (Å²) in [4.78, 5) is 165. The van der Waals surface area contributed by atoms with Crippen LogP contribution in [0.5, 0.6) is 0 Å². The highest BCUT2D eigenvalue weighted by atomic mass is 32.1. The number of thiazole rings is 1. The van der Waals surface area contributed by atoms with E-state index in [1.165, 1.54) is 45.9 Å². The molecule has 3 aliphatic heterocycles. The average Bonchev–Trinajstić information content (AvgIpc) is 3.86. The average molecular weight is 1200 g/mol. The summed E-state index contributed by atoms with van der Waals surface area (Å²) in [6, 6.07) is 7.90. The van der Waals surface area contributed by atoms with Crippen LogP contribution in [0.4, 0.5) is 0 Å². The Labute approximate surface area is 491 Å². The number of H-pyrrole nitrogens is 1. The quantitative estimate of drug-likeness (QED) is 0.0337. The number of amides is 8. The second-order valence-electron chi connectivity index (χ2n) is 23.2. The van der Waals surface area contributed by atoms with E-state index in [-0.39, 0.29) is 111 Å². The zero-order valence-electron chi connectivity index (χ0n) is 48.0. The molecule has 26 heteroatoms. The molecule has 454 valence electrons. The third-order valence-corrected chi connectivity index (χ3v) is 17.7. The van der Waals surface area contributed by atoms with Gasteiger partial charge in [-0.2, -0.15) is 0 Å². The van der Waals surface area contributed by atoms with Crippen LogP contribution in [-0.4, -0.2) is 161 Å². The number of carbonyl (C=O) groups excluding carboxylic acids is 10. The van der Waals surface area contributed by atoms with Crippen molar-refractivity contribution in [2.75, 3.05) is 26.2 Å². The van der Waals surface area contributed by atoms with E-state index in [0.29, 0.717) is 44.0 Å². The topological polar surface area (TPSA) is 361 Å². The van der Waals surface area contributed by atoms with Crippen molar-refractivity contribution in [3.8, 4) is 10.4 Å². The number of benzene rings is 2. The molecule has 3 fully saturated rings. The summed E-state index contributed by atoms with van der Waals surface area (Å²) in [7, 11) is -5.09. The number of likely N-dealkylation sites (tertiary alicyclic amines) is 1. The minimum atomic E-state index is -5.09. The van der Waals surface area contributed by atoms with Crippen molar-refractivity contribution in [1.29, 1.82) is 0 Å². The molecule has 3 aliphatic rings. The summed E-state index contributed by atoms with van der Waals surface area (Å²) in [6.45, 7) is 9.35. The number of aromatic amines is 1. The van der Waals surface area contributed by atoms with Crippen LogP contribution in [0.1, 0.15) is 143 Å². The Bertz CT molecular complexity index is 3170. The van der Waals surface area contributed by atoms with Crippen LogP contribution in [0, 0.1) is 18.3 Å². The predicted molar refractivity (Wildman–Crippen MR) is 310 cm³/mol. The summed E-state index contributed by atoms with van der Waals surface area (Å²) < 4.78 is 11.6. The fourth-order valence-electron chi connectivity index (χ4n) is 11.2. The molecule has 8 amide bonds. The first-order chi connectivity index (χ1) is 39.7. The maximum absolute atomic E-state index is 14.5. The third kappa shape index (κ3) is 16.6. The van der Waals surface area contributed by atoms with Crippen molar-refractivity contribution in [2.45, 2.75) is 161 Å². The molecule has 2 aromatic carbocycles. The smallest absolute Gasteiger partial charge is 0.391 e. The van der Waals surface area contributed by atoms with Gasteiger partial charge in [0.05, 0.1) is 22.2 Å². The molecule has 0 aliphatic carbocycles. The third-order valence-electron chi connectivity index (χ3n) is 15.9. The fraction of sp³-hybridized carbons (Fsp3) is 0.534. The lowest BCUT2D eigenvalue weighted by atomic mass is 9.76. The first kappa shape index (κ1) is 64.4. The molecular formula is C58H77N10O14PS. The maximum atomic E-state index is 14.5. The van der Waals surface area contributed by atoms with Crippen LogP contribution < -0.4 is 27.0 Å². The molecule has 7 rings (SSSR count). The molecule has 0 saturated carbocycles. The molecule has 4 aromatic rings. The van der Waals surface area contributed by atoms with Gasteiger partial charge in [0, 0.05) is 93.8 Å². The first-order valence-electron chi connectivity index (χ1n) is 28.5. The van der Waals surface area contributed by atoms with Crippen molar-refractivity contribution in [2.24, 2.45) is 17.1 Å². The molecule has 0 radical (unpaired) electrons. The van der Waals surface area contributed by atoms with Crippen LogP contribution in [0.2, 0.25) is 0 Å². The second-order valence-corrected chi connectivity index (χ2v) is 25.6. The van der Waals surface area contributed by atoms with Gasteiger partial charge in [-0.3, -0.25) is 52.5 Å². The Morgan fingerprint density at radius 3 is 2.26 bits per heavy atom. The number of ketones is 1. The van der Waals surface area contributed by atoms with Gasteiger partial charge in [-0.1, -0.05) is 64.3 Å². The van der Waals surface area contributed by atoms with Gasteiger partial charge in [0.2, 0.25) is 41.4 Å². The zero-order valence-corrected chi connectivity index (χ0v) is 49.7. The number of aliphatic hydroxyl groups excluding tert-OH is 1. The number of primary amides is 1. The van der Waals surface area contributed by atoms with Crippen LogP contribution >= 0.6 is 18.9 Å². The summed E-state index contributed by atoms with van der Waals surface area (Å²) in [5.74, 6) is -5.23. The highest BCUT2D eigenvalue weighted by Crippen LogP contribution is 2.40. The van der Waals surface area contributed by atoms with Gasteiger partial charge in [-0.15, -0.1) is 11.3 Å². The summed E-state index contributed by atoms with van der Waals surface area (Å²) in [5, 5.41) is 22.1. The number of unbranched alkanes of at least 4 members (excludes halogenated alkanes) is 4. The molecule has 3 saturated heterocycles. The molecule has 0 spiro atoms. The molecule has 1 unspecified atom stereocenters. The molecule has 5 heterocycles. The number of Topliss-reactive ketones (excluding diaryl/α,β-unsaturated/α-hetero) is 1. The van der Waals surface area contributed by atoms with Crippen molar-refractivity contribution >= 4 is 88.4 Å². The van der Waals surface area contributed by atoms with E-state index in [9.17, 15) is 67.4 Å². The minimum Gasteiger partial charge on any atom is -0.391 e. The number of nitrogens with two attached hydrogens (primary N) is 1. The van der Waals surface area contributed by atoms with Crippen molar-refractivity contribution < 1.29 is 67.4 Å². The van der Waals surface area contributed by atoms with Crippen LogP contribution in [-0.2, 0) is 49.5 Å². The van der Waals surface area contributed by atoms with Crippen molar-refractivity contribution in [3.05, 3.63) is 76.6 Å². The fourth-order valence-corrected chi connectivity index (χ4v) is 12.5. The number of nitrogens with zero attached hydrogens (tertiary/aromatic N) is 4. The monoisotopic (exact) mass is 1200 g/mol. The number of fused-ring (bicyclic) bond motifs is 2. The van der Waals surface area contributed by atoms with Crippen molar-refractivity contribution in [3.63, 3.8) is 0 Å². The number of nitrogens with one attached hydrogen (secondary N) is 5. The highest BCUT2D eigenvalue weighted by molar-refractivity contribution is 7.70. The summed E-state index contributed by atoms with van der Waals surface area (Å²) in [6.07, 6.45) is 3.22. The lowest BCUT2D eigenvalue weighted by Gasteiger charge is -2.38. The van der Waals surface area contributed by atoms with Gasteiger partial charge in [-0.05, 0) is 86.3 Å². The van der Waals surface area contributed by atoms with Gasteiger partial charge in [-0.25, -0.2) is 4.98 Å². The lowest BCUT2D eigenvalue weighted by Crippen LogP contribution is -2.61. The number of aromatic nitrogens is 2. The van der Waals surface area contributed by atoms with Gasteiger partial charge in [0.1, 0.15) is 35.6 Å². The highest BCUT2D eigenvalue weighted by Gasteiger charge is 2.47. The number of rotatable bonds is 25. The number of hydrogen-bond acceptors (Lipinski definition) is 14. The maximum Gasteiger partial charge on any atom is 0.396 e. The predicted octanol–water partition coefficient (Wildman–Crippen LogP) is 3.73. The van der Waals surface area contributed by atoms with Gasteiger partial charge in [0.25, 0.3) is 11.4 Å².